The zero-order chi connectivity index (χ0) is 26.8. The lowest BCUT2D eigenvalue weighted by Gasteiger charge is -2.26. The van der Waals surface area contributed by atoms with Crippen molar-refractivity contribution in [2.45, 2.75) is 12.5 Å². The zero-order valence-corrected chi connectivity index (χ0v) is 21.3. The molecule has 1 unspecified atom stereocenters. The smallest absolute Gasteiger partial charge is 0.290 e. The van der Waals surface area contributed by atoms with E-state index in [9.17, 15) is 14.7 Å². The van der Waals surface area contributed by atoms with Gasteiger partial charge in [-0.15, -0.1) is 0 Å². The van der Waals surface area contributed by atoms with E-state index in [1.165, 1.54) is 12.0 Å². The predicted molar refractivity (Wildman–Crippen MR) is 141 cm³/mol. The molecule has 8 nitrogen and oxygen atoms in total. The van der Waals surface area contributed by atoms with Crippen molar-refractivity contribution in [1.82, 2.24) is 4.90 Å². The number of carbonyl (C=O) groups is 2. The number of rotatable bonds is 9. The first-order valence-electron chi connectivity index (χ1n) is 12.1. The Bertz CT molecular complexity index is 1540. The van der Waals surface area contributed by atoms with Gasteiger partial charge in [0.15, 0.2) is 34.4 Å². The molecule has 0 aliphatic carbocycles. The maximum atomic E-state index is 13.8. The number of hydrogen-bond acceptors (Lipinski definition) is 7. The Morgan fingerprint density at radius 2 is 1.63 bits per heavy atom. The Labute approximate surface area is 219 Å². The summed E-state index contributed by atoms with van der Waals surface area (Å²) in [7, 11) is 4.64. The van der Waals surface area contributed by atoms with Crippen LogP contribution in [0.4, 0.5) is 0 Å². The zero-order valence-electron chi connectivity index (χ0n) is 21.3. The van der Waals surface area contributed by atoms with Crippen LogP contribution in [0.15, 0.2) is 88.5 Å². The number of Topliss-reactive ketones (excluding diaryl/α,β-unsaturated/α-hetero) is 1. The van der Waals surface area contributed by atoms with Crippen LogP contribution in [0.25, 0.3) is 11.0 Å². The summed E-state index contributed by atoms with van der Waals surface area (Å²) in [6.45, 7) is 0.253. The predicted octanol–water partition coefficient (Wildman–Crippen LogP) is 5.28. The van der Waals surface area contributed by atoms with E-state index < -0.39 is 23.5 Å². The fourth-order valence-electron chi connectivity index (χ4n) is 4.83. The van der Waals surface area contributed by atoms with Crippen LogP contribution < -0.4 is 14.2 Å². The molecular weight excluding hydrogens is 486 g/mol. The molecule has 0 spiro atoms. The molecule has 0 bridgehead atoms. The number of benzene rings is 3. The topological polar surface area (TPSA) is 98.4 Å². The Hall–Kier alpha value is -4.72. The minimum absolute atomic E-state index is 0.0153. The molecule has 1 aromatic heterocycles. The number of ketones is 1. The molecule has 3 aromatic carbocycles. The number of amides is 1. The van der Waals surface area contributed by atoms with E-state index in [1.54, 1.807) is 44.6 Å². The molecule has 0 radical (unpaired) electrons. The highest BCUT2D eigenvalue weighted by atomic mass is 16.5. The van der Waals surface area contributed by atoms with Crippen molar-refractivity contribution in [2.24, 2.45) is 0 Å². The normalized spacial score (nSPS) is 15.3. The van der Waals surface area contributed by atoms with Gasteiger partial charge in [0, 0.05) is 11.9 Å². The average molecular weight is 514 g/mol. The molecule has 1 N–H and O–H groups in total. The van der Waals surface area contributed by atoms with Crippen molar-refractivity contribution < 1.29 is 33.3 Å². The van der Waals surface area contributed by atoms with Gasteiger partial charge >= 0.3 is 0 Å². The van der Waals surface area contributed by atoms with Crippen LogP contribution in [0, 0.1) is 0 Å². The maximum Gasteiger partial charge on any atom is 0.290 e. The van der Waals surface area contributed by atoms with Gasteiger partial charge in [0.1, 0.15) is 0 Å². The largest absolute Gasteiger partial charge is 0.503 e. The van der Waals surface area contributed by atoms with Crippen LogP contribution in [-0.2, 0) is 11.2 Å². The number of hydrogen-bond donors (Lipinski definition) is 1. The van der Waals surface area contributed by atoms with Crippen LogP contribution in [-0.4, -0.2) is 49.6 Å². The van der Waals surface area contributed by atoms with E-state index in [-0.39, 0.29) is 17.9 Å². The number of aliphatic hydroxyl groups is 1. The molecule has 194 valence electrons. The lowest BCUT2D eigenvalue weighted by atomic mass is 9.95. The van der Waals surface area contributed by atoms with Crippen molar-refractivity contribution >= 4 is 22.7 Å². The van der Waals surface area contributed by atoms with Crippen LogP contribution in [0.5, 0.6) is 17.2 Å². The minimum atomic E-state index is -0.786. The molecule has 2 heterocycles. The number of carbonyl (C=O) groups excluding carboxylic acids is 2. The number of furan rings is 1. The number of aliphatic hydroxyl groups excluding tert-OH is 1. The molecule has 0 saturated carbocycles. The highest BCUT2D eigenvalue weighted by Gasteiger charge is 2.44. The van der Waals surface area contributed by atoms with Crippen LogP contribution in [0.1, 0.15) is 27.7 Å². The average Bonchev–Trinajstić information content (AvgIpc) is 3.50. The molecule has 0 saturated heterocycles. The van der Waals surface area contributed by atoms with E-state index in [0.29, 0.717) is 40.2 Å². The second kappa shape index (κ2) is 10.3. The summed E-state index contributed by atoms with van der Waals surface area (Å²) in [5.41, 5.74) is 2.01. The van der Waals surface area contributed by atoms with Crippen molar-refractivity contribution in [3.05, 3.63) is 101 Å². The molecule has 1 aliphatic rings. The Balaban J connectivity index is 1.50. The second-order valence-corrected chi connectivity index (χ2v) is 8.83. The van der Waals surface area contributed by atoms with Gasteiger partial charge < -0.3 is 28.6 Å². The van der Waals surface area contributed by atoms with Gasteiger partial charge in [0.25, 0.3) is 5.91 Å². The summed E-state index contributed by atoms with van der Waals surface area (Å²) in [4.78, 5) is 28.6. The van der Waals surface area contributed by atoms with E-state index >= 15 is 0 Å². The molecule has 1 aliphatic heterocycles. The molecular formula is C30H27NO7. The summed E-state index contributed by atoms with van der Waals surface area (Å²) < 4.78 is 21.9. The third-order valence-electron chi connectivity index (χ3n) is 6.70. The Morgan fingerprint density at radius 1 is 0.895 bits per heavy atom. The number of methoxy groups -OCH3 is 3. The van der Waals surface area contributed by atoms with Gasteiger partial charge in [-0.3, -0.25) is 9.59 Å². The van der Waals surface area contributed by atoms with Crippen LogP contribution in [0.2, 0.25) is 0 Å². The van der Waals surface area contributed by atoms with Gasteiger partial charge in [-0.05, 0) is 41.8 Å². The van der Waals surface area contributed by atoms with Crippen molar-refractivity contribution in [2.75, 3.05) is 27.9 Å². The van der Waals surface area contributed by atoms with E-state index in [4.69, 9.17) is 18.6 Å². The third kappa shape index (κ3) is 4.34. The van der Waals surface area contributed by atoms with Crippen molar-refractivity contribution in [3.8, 4) is 17.2 Å². The Kier molecular flexibility index (Phi) is 6.79. The monoisotopic (exact) mass is 513 g/mol. The first kappa shape index (κ1) is 25.0. The maximum absolute atomic E-state index is 13.8. The first-order valence-corrected chi connectivity index (χ1v) is 12.1. The Morgan fingerprint density at radius 3 is 2.34 bits per heavy atom. The minimum Gasteiger partial charge on any atom is -0.503 e. The molecule has 8 heteroatoms. The lowest BCUT2D eigenvalue weighted by Crippen LogP contribution is -2.33. The first-order chi connectivity index (χ1) is 18.5. The SMILES string of the molecule is COc1ccc(CCN2C(=O)C(O)=C(C(=O)c3cc4cccc(OC)c4o3)C2c2ccccc2)cc1OC. The fraction of sp³-hybridized carbons (Fsp3) is 0.200. The number of nitrogens with zero attached hydrogens (tertiary/aromatic N) is 1. The molecule has 1 amide bonds. The van der Waals surface area contributed by atoms with Crippen molar-refractivity contribution in [1.29, 1.82) is 0 Å². The second-order valence-electron chi connectivity index (χ2n) is 8.83. The summed E-state index contributed by atoms with van der Waals surface area (Å²) >= 11 is 0. The molecule has 0 fully saturated rings. The highest BCUT2D eigenvalue weighted by Crippen LogP contribution is 2.40. The van der Waals surface area contributed by atoms with E-state index in [0.717, 1.165) is 5.56 Å². The van der Waals surface area contributed by atoms with Gasteiger partial charge in [-0.25, -0.2) is 0 Å². The number of para-hydroxylation sites is 1. The quantitative estimate of drug-likeness (QED) is 0.304. The van der Waals surface area contributed by atoms with Gasteiger partial charge in [-0.1, -0.05) is 48.5 Å². The molecule has 38 heavy (non-hydrogen) atoms. The van der Waals surface area contributed by atoms with Crippen LogP contribution >= 0.6 is 0 Å². The summed E-state index contributed by atoms with van der Waals surface area (Å²) in [6, 6.07) is 20.8. The van der Waals surface area contributed by atoms with E-state index in [2.05, 4.69) is 0 Å². The summed E-state index contributed by atoms with van der Waals surface area (Å²) in [6.07, 6.45) is 0.464. The van der Waals surface area contributed by atoms with Gasteiger partial charge in [-0.2, -0.15) is 0 Å². The van der Waals surface area contributed by atoms with Crippen LogP contribution in [0.3, 0.4) is 0 Å². The van der Waals surface area contributed by atoms with Gasteiger partial charge in [0.2, 0.25) is 5.78 Å². The number of fused-ring (bicyclic) bond motifs is 1. The van der Waals surface area contributed by atoms with Crippen molar-refractivity contribution in [3.63, 3.8) is 0 Å². The highest BCUT2D eigenvalue weighted by molar-refractivity contribution is 6.16. The fourth-order valence-corrected chi connectivity index (χ4v) is 4.83. The standard InChI is InChI=1S/C30H27NO7/c1-35-21-13-12-18(16-23(21)37-3)14-15-31-26(19-8-5-4-6-9-19)25(28(33)30(31)34)27(32)24-17-20-10-7-11-22(36-2)29(20)38-24/h4-13,16-17,26,33H,14-15H2,1-3H3. The van der Waals surface area contributed by atoms with E-state index in [1.807, 2.05) is 42.5 Å². The molecule has 1 atom stereocenters. The third-order valence-corrected chi connectivity index (χ3v) is 6.70. The summed E-state index contributed by atoms with van der Waals surface area (Å²) in [5, 5.41) is 11.7. The summed E-state index contributed by atoms with van der Waals surface area (Å²) in [5.74, 6) is -0.0729. The molecule has 4 aromatic rings. The van der Waals surface area contributed by atoms with Gasteiger partial charge in [0.05, 0.1) is 32.9 Å². The lowest BCUT2D eigenvalue weighted by molar-refractivity contribution is -0.129. The number of ether oxygens (including phenoxy) is 3. The molecule has 5 rings (SSSR count).